The molecule has 14 heavy (non-hydrogen) atoms. The number of hydrogen-bond acceptors (Lipinski definition) is 3. The second-order valence-corrected chi connectivity index (χ2v) is 4.30. The van der Waals surface area contributed by atoms with Gasteiger partial charge in [-0.15, -0.1) is 0 Å². The summed E-state index contributed by atoms with van der Waals surface area (Å²) in [5.41, 5.74) is 1.86. The number of aromatic nitrogens is 2. The van der Waals surface area contributed by atoms with Crippen molar-refractivity contribution in [2.45, 2.75) is 19.4 Å². The van der Waals surface area contributed by atoms with Gasteiger partial charge in [-0.2, -0.15) is 5.10 Å². The van der Waals surface area contributed by atoms with Crippen molar-refractivity contribution < 1.29 is 4.79 Å². The Kier molecular flexibility index (Phi) is 2.45. The van der Waals surface area contributed by atoms with Crippen molar-refractivity contribution >= 4 is 21.7 Å². The van der Waals surface area contributed by atoms with Gasteiger partial charge in [0.2, 0.25) is 0 Å². The summed E-state index contributed by atoms with van der Waals surface area (Å²) in [6.07, 6.45) is 0.612. The molecule has 0 aromatic carbocycles. The molecule has 0 bridgehead atoms. The van der Waals surface area contributed by atoms with Gasteiger partial charge in [-0.1, -0.05) is 0 Å². The van der Waals surface area contributed by atoms with Gasteiger partial charge in [0.15, 0.2) is 5.78 Å². The zero-order valence-electron chi connectivity index (χ0n) is 8.17. The van der Waals surface area contributed by atoms with Crippen molar-refractivity contribution in [3.8, 4) is 0 Å². The van der Waals surface area contributed by atoms with E-state index in [4.69, 9.17) is 0 Å². The second-order valence-electron chi connectivity index (χ2n) is 3.51. The molecule has 4 nitrogen and oxygen atoms in total. The Labute approximate surface area is 90.8 Å². The third-order valence-electron chi connectivity index (χ3n) is 2.51. The molecule has 1 fully saturated rings. The quantitative estimate of drug-likeness (QED) is 0.820. The summed E-state index contributed by atoms with van der Waals surface area (Å²) in [7, 11) is 1.86. The average molecular weight is 258 g/mol. The van der Waals surface area contributed by atoms with E-state index in [-0.39, 0.29) is 11.8 Å². The molecule has 0 spiro atoms. The molecule has 0 amide bonds. The lowest BCUT2D eigenvalue weighted by atomic mass is 10.1. The molecule has 2 rings (SSSR count). The van der Waals surface area contributed by atoms with E-state index in [1.54, 1.807) is 4.68 Å². The summed E-state index contributed by atoms with van der Waals surface area (Å²) in [4.78, 5) is 11.6. The predicted octanol–water partition coefficient (Wildman–Crippen LogP) is 1.09. The molecule has 1 aromatic heterocycles. The lowest BCUT2D eigenvalue weighted by Gasteiger charge is -2.09. The molecule has 76 valence electrons. The topological polar surface area (TPSA) is 46.9 Å². The van der Waals surface area contributed by atoms with Gasteiger partial charge in [-0.25, -0.2) is 0 Å². The lowest BCUT2D eigenvalue weighted by Crippen LogP contribution is -2.21. The maximum Gasteiger partial charge on any atom is 0.157 e. The Balaban J connectivity index is 2.44. The first kappa shape index (κ1) is 9.86. The number of aryl methyl sites for hydroxylation is 2. The zero-order chi connectivity index (χ0) is 10.3. The van der Waals surface area contributed by atoms with Crippen molar-refractivity contribution in [3.63, 3.8) is 0 Å². The van der Waals surface area contributed by atoms with E-state index in [1.807, 2.05) is 14.0 Å². The van der Waals surface area contributed by atoms with Crippen LogP contribution in [0.3, 0.4) is 0 Å². The van der Waals surface area contributed by atoms with Gasteiger partial charge in [0.05, 0.1) is 15.9 Å². The van der Waals surface area contributed by atoms with Gasteiger partial charge in [0.25, 0.3) is 0 Å². The van der Waals surface area contributed by atoms with Crippen molar-refractivity contribution in [2.75, 3.05) is 6.54 Å². The highest BCUT2D eigenvalue weighted by atomic mass is 79.9. The van der Waals surface area contributed by atoms with Gasteiger partial charge in [-0.3, -0.25) is 9.48 Å². The molecular formula is C9H12BrN3O. The van der Waals surface area contributed by atoms with Crippen LogP contribution in [0.25, 0.3) is 0 Å². The number of carbonyl (C=O) groups is 1. The number of carbonyl (C=O) groups excluding carboxylic acids is 1. The molecule has 5 heteroatoms. The Morgan fingerprint density at radius 2 is 2.36 bits per heavy atom. The summed E-state index contributed by atoms with van der Waals surface area (Å²) in [6, 6.07) is -0.185. The number of Topliss-reactive ketones (excluding diaryl/α,β-unsaturated/α-hetero) is 1. The van der Waals surface area contributed by atoms with Crippen LogP contribution >= 0.6 is 15.9 Å². The predicted molar refractivity (Wildman–Crippen MR) is 56.0 cm³/mol. The molecule has 1 aromatic rings. The normalized spacial score (nSPS) is 21.9. The van der Waals surface area contributed by atoms with E-state index in [9.17, 15) is 4.79 Å². The minimum absolute atomic E-state index is 0.185. The molecule has 1 unspecified atom stereocenters. The van der Waals surface area contributed by atoms with Crippen LogP contribution in [0.4, 0.5) is 0 Å². The van der Waals surface area contributed by atoms with Crippen LogP contribution in [0, 0.1) is 6.92 Å². The number of hydrogen-bond donors (Lipinski definition) is 1. The van der Waals surface area contributed by atoms with Crippen molar-refractivity contribution in [3.05, 3.63) is 15.9 Å². The zero-order valence-corrected chi connectivity index (χ0v) is 9.76. The molecule has 2 heterocycles. The van der Waals surface area contributed by atoms with Crippen LogP contribution in [-0.4, -0.2) is 22.1 Å². The van der Waals surface area contributed by atoms with E-state index in [0.29, 0.717) is 6.42 Å². The highest BCUT2D eigenvalue weighted by Gasteiger charge is 2.30. The van der Waals surface area contributed by atoms with Crippen molar-refractivity contribution in [1.82, 2.24) is 15.1 Å². The fraction of sp³-hybridized carbons (Fsp3) is 0.556. The van der Waals surface area contributed by atoms with Crippen molar-refractivity contribution in [2.24, 2.45) is 7.05 Å². The summed E-state index contributed by atoms with van der Waals surface area (Å²) in [6.45, 7) is 2.69. The van der Waals surface area contributed by atoms with Crippen LogP contribution < -0.4 is 5.32 Å². The standard InChI is InChI=1S/C9H12BrN3O/c1-5-7(10)9(13(2)12-5)8-6(14)3-4-11-8/h8,11H,3-4H2,1-2H3. The number of nitrogens with one attached hydrogen (secondary N) is 1. The van der Waals surface area contributed by atoms with Gasteiger partial charge < -0.3 is 5.32 Å². The molecule has 1 aliphatic rings. The Hall–Kier alpha value is -0.680. The van der Waals surface area contributed by atoms with Gasteiger partial charge in [0, 0.05) is 20.0 Å². The first-order chi connectivity index (χ1) is 6.61. The summed E-state index contributed by atoms with van der Waals surface area (Å²) in [5.74, 6) is 0.244. The number of rotatable bonds is 1. The fourth-order valence-electron chi connectivity index (χ4n) is 1.81. The summed E-state index contributed by atoms with van der Waals surface area (Å²) < 4.78 is 2.70. The molecule has 1 N–H and O–H groups in total. The molecule has 0 radical (unpaired) electrons. The smallest absolute Gasteiger partial charge is 0.157 e. The Bertz CT molecular complexity index is 386. The van der Waals surface area contributed by atoms with Crippen LogP contribution in [0.5, 0.6) is 0 Å². The highest BCUT2D eigenvalue weighted by Crippen LogP contribution is 2.29. The SMILES string of the molecule is Cc1nn(C)c(C2NCCC2=O)c1Br. The van der Waals surface area contributed by atoms with Gasteiger partial charge in [-0.05, 0) is 22.9 Å². The van der Waals surface area contributed by atoms with Crippen LogP contribution in [-0.2, 0) is 11.8 Å². The van der Waals surface area contributed by atoms with Crippen LogP contribution in [0.2, 0.25) is 0 Å². The maximum atomic E-state index is 11.6. The Morgan fingerprint density at radius 1 is 1.64 bits per heavy atom. The monoisotopic (exact) mass is 257 g/mol. The molecular weight excluding hydrogens is 246 g/mol. The first-order valence-electron chi connectivity index (χ1n) is 4.56. The van der Waals surface area contributed by atoms with Crippen molar-refractivity contribution in [1.29, 1.82) is 0 Å². The largest absolute Gasteiger partial charge is 0.302 e. The van der Waals surface area contributed by atoms with E-state index < -0.39 is 0 Å². The second kappa shape index (κ2) is 3.47. The fourth-order valence-corrected chi connectivity index (χ4v) is 2.38. The van der Waals surface area contributed by atoms with Gasteiger partial charge in [0.1, 0.15) is 6.04 Å². The average Bonchev–Trinajstić information content (AvgIpc) is 2.60. The number of ketones is 1. The van der Waals surface area contributed by atoms with E-state index in [1.165, 1.54) is 0 Å². The maximum absolute atomic E-state index is 11.6. The molecule has 0 saturated carbocycles. The number of nitrogens with zero attached hydrogens (tertiary/aromatic N) is 2. The molecule has 1 saturated heterocycles. The molecule has 1 aliphatic heterocycles. The minimum Gasteiger partial charge on any atom is -0.302 e. The third kappa shape index (κ3) is 1.40. The van der Waals surface area contributed by atoms with E-state index in [0.717, 1.165) is 22.4 Å². The highest BCUT2D eigenvalue weighted by molar-refractivity contribution is 9.10. The van der Waals surface area contributed by atoms with E-state index in [2.05, 4.69) is 26.3 Å². The van der Waals surface area contributed by atoms with E-state index >= 15 is 0 Å². The third-order valence-corrected chi connectivity index (χ3v) is 3.49. The summed E-state index contributed by atoms with van der Waals surface area (Å²) in [5, 5.41) is 7.44. The van der Waals surface area contributed by atoms with Crippen LogP contribution in [0.15, 0.2) is 4.47 Å². The Morgan fingerprint density at radius 3 is 2.79 bits per heavy atom. The molecule has 0 aliphatic carbocycles. The van der Waals surface area contributed by atoms with Gasteiger partial charge >= 0.3 is 0 Å². The number of halogens is 1. The molecule has 1 atom stereocenters. The lowest BCUT2D eigenvalue weighted by molar-refractivity contribution is -0.118. The summed E-state index contributed by atoms with van der Waals surface area (Å²) >= 11 is 3.46. The first-order valence-corrected chi connectivity index (χ1v) is 5.35. The van der Waals surface area contributed by atoms with Crippen LogP contribution in [0.1, 0.15) is 23.9 Å². The minimum atomic E-state index is -0.185.